The van der Waals surface area contributed by atoms with Crippen LogP contribution in [0.5, 0.6) is 0 Å². The second kappa shape index (κ2) is 3.69. The second-order valence-corrected chi connectivity index (χ2v) is 6.50. The molecule has 0 aromatic rings. The van der Waals surface area contributed by atoms with Crippen molar-refractivity contribution in [3.8, 4) is 0 Å². The zero-order valence-corrected chi connectivity index (χ0v) is 11.0. The first-order chi connectivity index (χ1) is 7.59. The largest absolute Gasteiger partial charge is 0.312 e. The summed E-state index contributed by atoms with van der Waals surface area (Å²) in [4.78, 5) is 5.22. The van der Waals surface area contributed by atoms with Gasteiger partial charge in [-0.3, -0.25) is 4.90 Å². The van der Waals surface area contributed by atoms with Crippen molar-refractivity contribution in [1.82, 2.24) is 9.80 Å². The Morgan fingerprint density at radius 2 is 1.75 bits per heavy atom. The van der Waals surface area contributed by atoms with E-state index in [-0.39, 0.29) is 0 Å². The molecule has 3 aliphatic heterocycles. The minimum absolute atomic E-state index is 0.891. The summed E-state index contributed by atoms with van der Waals surface area (Å²) in [5, 5.41) is 0. The summed E-state index contributed by atoms with van der Waals surface area (Å²) in [5.41, 5.74) is 0. The molecule has 0 aromatic carbocycles. The fraction of sp³-hybridized carbons (Fsp3) is 1.00. The minimum Gasteiger partial charge on any atom is -0.312 e. The van der Waals surface area contributed by atoms with Crippen molar-refractivity contribution >= 4 is 0 Å². The quantitative estimate of drug-likeness (QED) is 0.476. The van der Waals surface area contributed by atoms with E-state index >= 15 is 0 Å². The molecule has 0 aliphatic carbocycles. The Bertz CT molecular complexity index is 272. The van der Waals surface area contributed by atoms with Gasteiger partial charge in [0.15, 0.2) is 0 Å². The lowest BCUT2D eigenvalue weighted by molar-refractivity contribution is -0.824. The van der Waals surface area contributed by atoms with E-state index in [2.05, 4.69) is 30.8 Å². The van der Waals surface area contributed by atoms with Gasteiger partial charge in [0, 0.05) is 45.1 Å². The molecule has 3 fully saturated rings. The summed E-state index contributed by atoms with van der Waals surface area (Å²) in [6.45, 7) is 9.03. The number of piperazine rings is 1. The predicted molar refractivity (Wildman–Crippen MR) is 66.4 cm³/mol. The van der Waals surface area contributed by atoms with Gasteiger partial charge in [-0.1, -0.05) is 0 Å². The van der Waals surface area contributed by atoms with E-state index in [1.54, 1.807) is 0 Å². The lowest BCUT2D eigenvalue weighted by atomic mass is 9.96. The molecule has 0 bridgehead atoms. The second-order valence-electron chi connectivity index (χ2n) is 6.50. The van der Waals surface area contributed by atoms with E-state index in [0.29, 0.717) is 0 Å². The molecule has 3 saturated heterocycles. The maximum atomic E-state index is 2.76. The Labute approximate surface area is 99.6 Å². The van der Waals surface area contributed by atoms with E-state index in [1.165, 1.54) is 50.0 Å². The highest BCUT2D eigenvalue weighted by Crippen LogP contribution is 2.43. The fourth-order valence-electron chi connectivity index (χ4n) is 3.79. The van der Waals surface area contributed by atoms with Crippen LogP contribution in [-0.2, 0) is 0 Å². The van der Waals surface area contributed by atoms with Crippen LogP contribution in [0.3, 0.4) is 0 Å². The topological polar surface area (TPSA) is 6.48 Å². The third-order valence-corrected chi connectivity index (χ3v) is 5.52. The Kier molecular flexibility index (Phi) is 2.54. The molecule has 3 rings (SSSR count). The van der Waals surface area contributed by atoms with Crippen molar-refractivity contribution in [1.29, 1.82) is 0 Å². The van der Waals surface area contributed by atoms with Gasteiger partial charge in [0.05, 0.1) is 13.1 Å². The lowest BCUT2D eigenvalue weighted by Crippen LogP contribution is -2.53. The molecule has 0 saturated carbocycles. The number of fused-ring (bicyclic) bond motifs is 1. The van der Waals surface area contributed by atoms with Crippen LogP contribution in [0.25, 0.3) is 0 Å². The van der Waals surface area contributed by atoms with E-state index in [4.69, 9.17) is 0 Å². The molecule has 3 nitrogen and oxygen atoms in total. The molecule has 3 heteroatoms. The molecule has 3 aliphatic rings. The Morgan fingerprint density at radius 3 is 2.38 bits per heavy atom. The summed E-state index contributed by atoms with van der Waals surface area (Å²) < 4.78 is 1.38. The van der Waals surface area contributed by atoms with Crippen LogP contribution in [-0.4, -0.2) is 79.2 Å². The number of quaternary nitrogens is 1. The summed E-state index contributed by atoms with van der Waals surface area (Å²) >= 11 is 0. The van der Waals surface area contributed by atoms with Gasteiger partial charge in [-0.25, -0.2) is 0 Å². The first kappa shape index (κ1) is 11.0. The van der Waals surface area contributed by atoms with Crippen LogP contribution in [0, 0.1) is 0 Å². The van der Waals surface area contributed by atoms with Crippen molar-refractivity contribution < 1.29 is 4.48 Å². The van der Waals surface area contributed by atoms with Crippen molar-refractivity contribution in [3.63, 3.8) is 0 Å². The molecule has 4 atom stereocenters. The van der Waals surface area contributed by atoms with E-state index in [0.717, 1.165) is 18.1 Å². The number of hydrogen-bond acceptors (Lipinski definition) is 2. The zero-order valence-electron chi connectivity index (χ0n) is 11.0. The van der Waals surface area contributed by atoms with Gasteiger partial charge in [-0.05, 0) is 14.0 Å². The van der Waals surface area contributed by atoms with E-state index < -0.39 is 0 Å². The molecule has 3 heterocycles. The highest BCUT2D eigenvalue weighted by molar-refractivity contribution is 4.91. The van der Waals surface area contributed by atoms with Gasteiger partial charge in [0.1, 0.15) is 12.6 Å². The van der Waals surface area contributed by atoms with E-state index in [9.17, 15) is 0 Å². The van der Waals surface area contributed by atoms with Crippen molar-refractivity contribution in [2.45, 2.75) is 37.9 Å². The van der Waals surface area contributed by atoms with Crippen LogP contribution < -0.4 is 0 Å². The molecule has 0 radical (unpaired) electrons. The average molecular weight is 224 g/mol. The van der Waals surface area contributed by atoms with Gasteiger partial charge >= 0.3 is 0 Å². The number of piperidine rings is 1. The monoisotopic (exact) mass is 224 g/mol. The Hall–Kier alpha value is -0.120. The predicted octanol–water partition coefficient (Wildman–Crippen LogP) is 0.614. The molecule has 16 heavy (non-hydrogen) atoms. The summed E-state index contributed by atoms with van der Waals surface area (Å²) in [7, 11) is 4.70. The summed E-state index contributed by atoms with van der Waals surface area (Å²) in [6, 6.07) is 2.78. The highest BCUT2D eigenvalue weighted by Gasteiger charge is 2.59. The highest BCUT2D eigenvalue weighted by atomic mass is 15.5. The van der Waals surface area contributed by atoms with Gasteiger partial charge in [0.25, 0.3) is 0 Å². The fourth-order valence-corrected chi connectivity index (χ4v) is 3.79. The molecular weight excluding hydrogens is 198 g/mol. The van der Waals surface area contributed by atoms with Crippen LogP contribution in [0.2, 0.25) is 0 Å². The third kappa shape index (κ3) is 1.69. The third-order valence-electron chi connectivity index (χ3n) is 5.52. The number of rotatable bonds is 1. The molecule has 0 aromatic heterocycles. The van der Waals surface area contributed by atoms with Gasteiger partial charge in [-0.2, -0.15) is 0 Å². The van der Waals surface area contributed by atoms with Crippen LogP contribution >= 0.6 is 0 Å². The van der Waals surface area contributed by atoms with Gasteiger partial charge < -0.3 is 9.38 Å². The van der Waals surface area contributed by atoms with Crippen LogP contribution in [0.1, 0.15) is 19.8 Å². The van der Waals surface area contributed by atoms with Crippen molar-refractivity contribution in [3.05, 3.63) is 0 Å². The first-order valence-corrected chi connectivity index (χ1v) is 6.87. The normalized spacial score (nSPS) is 50.1. The Balaban J connectivity index is 1.60. The lowest BCUT2D eigenvalue weighted by Gasteiger charge is -2.42. The first-order valence-electron chi connectivity index (χ1n) is 6.87. The molecular formula is C13H26N3+. The maximum absolute atomic E-state index is 2.76. The molecule has 92 valence electrons. The molecule has 0 amide bonds. The van der Waals surface area contributed by atoms with Crippen LogP contribution in [0.4, 0.5) is 0 Å². The molecule has 0 spiro atoms. The standard InChI is InChI=1S/C13H26N3/c1-11-8-12(9-13-10-16(11,13)3)15-6-4-14(2)5-7-15/h11-13H,4-10H2,1-3H3/q+1. The number of hydrogen-bond donors (Lipinski definition) is 0. The van der Waals surface area contributed by atoms with Gasteiger partial charge in [-0.15, -0.1) is 0 Å². The van der Waals surface area contributed by atoms with Crippen molar-refractivity contribution in [2.75, 3.05) is 46.8 Å². The summed E-state index contributed by atoms with van der Waals surface area (Å²) in [6.07, 6.45) is 2.89. The summed E-state index contributed by atoms with van der Waals surface area (Å²) in [5.74, 6) is 0. The molecule has 0 N–H and O–H groups in total. The minimum atomic E-state index is 0.891. The number of likely N-dealkylation sites (N-methyl/N-ethyl adjacent to an activating group) is 2. The zero-order chi connectivity index (χ0) is 11.3. The van der Waals surface area contributed by atoms with Crippen LogP contribution in [0.15, 0.2) is 0 Å². The maximum Gasteiger partial charge on any atom is 0.140 e. The smallest absolute Gasteiger partial charge is 0.140 e. The van der Waals surface area contributed by atoms with Gasteiger partial charge in [0.2, 0.25) is 0 Å². The van der Waals surface area contributed by atoms with Crippen molar-refractivity contribution in [2.24, 2.45) is 0 Å². The van der Waals surface area contributed by atoms with E-state index in [1.807, 2.05) is 0 Å². The molecule has 4 unspecified atom stereocenters. The average Bonchev–Trinajstić information content (AvgIpc) is 2.92. The SMILES string of the molecule is CC1CC(N2CCN(C)CC2)CC2C[N+]12C. The Morgan fingerprint density at radius 1 is 1.06 bits per heavy atom. The number of nitrogens with zero attached hydrogens (tertiary/aromatic N) is 3.